The van der Waals surface area contributed by atoms with Gasteiger partial charge in [0.15, 0.2) is 10.8 Å². The number of anilines is 1. The Bertz CT molecular complexity index is 1500. The van der Waals surface area contributed by atoms with Gasteiger partial charge in [-0.3, -0.25) is 9.51 Å². The molecule has 32 heavy (non-hydrogen) atoms. The summed E-state index contributed by atoms with van der Waals surface area (Å²) in [4.78, 5) is 21.2. The Balaban J connectivity index is 1.41. The lowest BCUT2D eigenvalue weighted by Crippen LogP contribution is -2.36. The van der Waals surface area contributed by atoms with Crippen LogP contribution in [0, 0.1) is 13.8 Å². The number of thiazole rings is 1. The Hall–Kier alpha value is -3.98. The minimum absolute atomic E-state index is 0.145. The second-order valence-electron chi connectivity index (χ2n) is 7.47. The van der Waals surface area contributed by atoms with Crippen molar-refractivity contribution in [3.8, 4) is 22.8 Å². The lowest BCUT2D eigenvalue weighted by molar-refractivity contribution is -0.660. The molecule has 3 aromatic heterocycles. The molecule has 0 atom stereocenters. The molecule has 5 rings (SSSR count). The van der Waals surface area contributed by atoms with Gasteiger partial charge >= 0.3 is 11.3 Å². The number of nitrogens with zero attached hydrogens (tertiary/aromatic N) is 3. The number of aryl methyl sites for hydroxylation is 2. The Morgan fingerprint density at radius 3 is 2.91 bits per heavy atom. The Morgan fingerprint density at radius 1 is 1.19 bits per heavy atom. The number of pyridine rings is 1. The second-order valence-corrected chi connectivity index (χ2v) is 8.33. The third-order valence-electron chi connectivity index (χ3n) is 5.40. The summed E-state index contributed by atoms with van der Waals surface area (Å²) in [5.41, 5.74) is 4.63. The first-order valence-electron chi connectivity index (χ1n) is 9.98. The summed E-state index contributed by atoms with van der Waals surface area (Å²) in [5.74, 6) is 0.145. The van der Waals surface area contributed by atoms with E-state index in [4.69, 9.17) is 4.52 Å². The topological polar surface area (TPSA) is 108 Å². The van der Waals surface area contributed by atoms with Crippen LogP contribution in [0.1, 0.15) is 16.7 Å². The van der Waals surface area contributed by atoms with Crippen molar-refractivity contribution in [2.75, 3.05) is 5.32 Å². The number of aromatic amines is 1. The Morgan fingerprint density at radius 2 is 2.06 bits per heavy atom. The van der Waals surface area contributed by atoms with Crippen molar-refractivity contribution in [3.63, 3.8) is 0 Å². The van der Waals surface area contributed by atoms with Crippen molar-refractivity contribution >= 4 is 27.4 Å². The number of hydrogen-bond donors (Lipinski definition) is 3. The van der Waals surface area contributed by atoms with E-state index in [1.807, 2.05) is 56.3 Å². The third kappa shape index (κ3) is 3.52. The molecule has 0 aliphatic rings. The highest BCUT2D eigenvalue weighted by Gasteiger charge is 2.28. The first kappa shape index (κ1) is 20.0. The molecule has 0 saturated heterocycles. The van der Waals surface area contributed by atoms with E-state index in [9.17, 15) is 9.90 Å². The number of phenols is 1. The summed E-state index contributed by atoms with van der Waals surface area (Å²) >= 11 is 1.37. The van der Waals surface area contributed by atoms with E-state index in [1.54, 1.807) is 16.3 Å². The number of phenolic OH excluding ortho intramolecular Hbond substituents is 1. The van der Waals surface area contributed by atoms with Crippen LogP contribution in [0.25, 0.3) is 28.0 Å². The maximum atomic E-state index is 12.4. The molecule has 2 aromatic carbocycles. The molecule has 0 aliphatic heterocycles. The molecule has 160 valence electrons. The Labute approximate surface area is 186 Å². The van der Waals surface area contributed by atoms with Crippen LogP contribution in [-0.4, -0.2) is 20.3 Å². The maximum Gasteiger partial charge on any atom is 0.437 e. The molecule has 0 aliphatic carbocycles. The molecule has 0 amide bonds. The van der Waals surface area contributed by atoms with Crippen molar-refractivity contribution in [2.45, 2.75) is 20.4 Å². The maximum absolute atomic E-state index is 12.4. The fourth-order valence-electron chi connectivity index (χ4n) is 3.49. The molecular weight excluding hydrogens is 426 g/mol. The third-order valence-corrected chi connectivity index (χ3v) is 6.20. The van der Waals surface area contributed by atoms with Crippen LogP contribution in [0.3, 0.4) is 0 Å². The van der Waals surface area contributed by atoms with Gasteiger partial charge in [-0.05, 0) is 41.0 Å². The number of aromatic nitrogens is 4. The highest BCUT2D eigenvalue weighted by molar-refractivity contribution is 7.14. The van der Waals surface area contributed by atoms with Gasteiger partial charge in [-0.1, -0.05) is 24.3 Å². The van der Waals surface area contributed by atoms with Gasteiger partial charge in [-0.2, -0.15) is 0 Å². The van der Waals surface area contributed by atoms with E-state index in [-0.39, 0.29) is 5.75 Å². The van der Waals surface area contributed by atoms with E-state index in [0.29, 0.717) is 34.1 Å². The normalized spacial score (nSPS) is 11.2. The lowest BCUT2D eigenvalue weighted by Gasteiger charge is -2.07. The van der Waals surface area contributed by atoms with E-state index >= 15 is 0 Å². The average Bonchev–Trinajstić information content (AvgIpc) is 3.41. The zero-order chi connectivity index (χ0) is 22.2. The molecule has 3 N–H and O–H groups in total. The van der Waals surface area contributed by atoms with Crippen molar-refractivity contribution in [2.24, 2.45) is 0 Å². The fraction of sp³-hybridized carbons (Fsp3) is 0.130. The van der Waals surface area contributed by atoms with Gasteiger partial charge in [-0.25, -0.2) is 9.78 Å². The summed E-state index contributed by atoms with van der Waals surface area (Å²) in [6.45, 7) is 4.41. The van der Waals surface area contributed by atoms with E-state index in [0.717, 1.165) is 22.2 Å². The number of benzene rings is 2. The summed E-state index contributed by atoms with van der Waals surface area (Å²) in [6, 6.07) is 13.4. The van der Waals surface area contributed by atoms with Gasteiger partial charge in [0.2, 0.25) is 5.69 Å². The first-order chi connectivity index (χ1) is 15.5. The lowest BCUT2D eigenvalue weighted by atomic mass is 10.1. The SMILES string of the molecule is Cc1ccc(-[n+]2[nH]oc(=O)c2-c2csc(NCc3ccc4cccnc4c3O)n2)cc1C. The average molecular weight is 447 g/mol. The highest BCUT2D eigenvalue weighted by Crippen LogP contribution is 2.28. The molecule has 0 fully saturated rings. The highest BCUT2D eigenvalue weighted by atomic mass is 32.1. The van der Waals surface area contributed by atoms with Crippen LogP contribution in [0.5, 0.6) is 5.75 Å². The second kappa shape index (κ2) is 7.93. The monoisotopic (exact) mass is 446 g/mol. The summed E-state index contributed by atoms with van der Waals surface area (Å²) < 4.78 is 6.65. The molecule has 9 heteroatoms. The van der Waals surface area contributed by atoms with Crippen molar-refractivity contribution in [3.05, 3.63) is 81.2 Å². The number of rotatable bonds is 5. The number of H-pyrrole nitrogens is 1. The molecular formula is C23H20N5O3S+. The largest absolute Gasteiger partial charge is 0.505 e. The minimum Gasteiger partial charge on any atom is -0.505 e. The standard InChI is InChI=1S/C23H19N5O3S/c1-13-5-8-17(10-14(13)2)28-20(22(30)31-27-28)18-12-32-23(26-18)25-11-16-7-6-15-4-3-9-24-19(15)21(16)29/h3-10,12H,11H2,1-2H3,(H2-,25,26,27,29,30)/p+1. The fourth-order valence-corrected chi connectivity index (χ4v) is 4.18. The van der Waals surface area contributed by atoms with Crippen LogP contribution in [0.15, 0.2) is 63.4 Å². The molecule has 0 saturated carbocycles. The number of aromatic hydroxyl groups is 1. The molecule has 0 spiro atoms. The predicted molar refractivity (Wildman–Crippen MR) is 122 cm³/mol. The Kier molecular flexibility index (Phi) is 4.95. The predicted octanol–water partition coefficient (Wildman–Crippen LogP) is 3.85. The zero-order valence-electron chi connectivity index (χ0n) is 17.4. The van der Waals surface area contributed by atoms with Gasteiger partial charge in [0.1, 0.15) is 11.3 Å². The van der Waals surface area contributed by atoms with Crippen LogP contribution < -0.4 is 15.6 Å². The molecule has 0 radical (unpaired) electrons. The van der Waals surface area contributed by atoms with Crippen molar-refractivity contribution < 1.29 is 14.3 Å². The molecule has 5 aromatic rings. The van der Waals surface area contributed by atoms with E-state index in [1.165, 1.54) is 11.3 Å². The van der Waals surface area contributed by atoms with Crippen LogP contribution in [0.2, 0.25) is 0 Å². The van der Waals surface area contributed by atoms with E-state index in [2.05, 4.69) is 20.6 Å². The molecule has 0 unspecified atom stereocenters. The van der Waals surface area contributed by atoms with Crippen LogP contribution >= 0.6 is 11.3 Å². The van der Waals surface area contributed by atoms with Gasteiger partial charge < -0.3 is 10.4 Å². The number of hydrogen-bond acceptors (Lipinski definition) is 7. The van der Waals surface area contributed by atoms with Crippen LogP contribution in [-0.2, 0) is 6.54 Å². The summed E-state index contributed by atoms with van der Waals surface area (Å²) in [5, 5.41) is 19.7. The first-order valence-corrected chi connectivity index (χ1v) is 10.9. The van der Waals surface area contributed by atoms with E-state index < -0.39 is 5.63 Å². The van der Waals surface area contributed by atoms with Crippen LogP contribution in [0.4, 0.5) is 5.13 Å². The van der Waals surface area contributed by atoms with Crippen molar-refractivity contribution in [1.82, 2.24) is 15.2 Å². The van der Waals surface area contributed by atoms with Crippen molar-refractivity contribution in [1.29, 1.82) is 0 Å². The molecule has 3 heterocycles. The summed E-state index contributed by atoms with van der Waals surface area (Å²) in [7, 11) is 0. The minimum atomic E-state index is -0.502. The zero-order valence-corrected chi connectivity index (χ0v) is 18.2. The van der Waals surface area contributed by atoms with Gasteiger partial charge in [-0.15, -0.1) is 11.3 Å². The molecule has 0 bridgehead atoms. The number of fused-ring (bicyclic) bond motifs is 1. The van der Waals surface area contributed by atoms with Gasteiger partial charge in [0.25, 0.3) is 0 Å². The number of nitrogens with one attached hydrogen (secondary N) is 2. The smallest absolute Gasteiger partial charge is 0.437 e. The van der Waals surface area contributed by atoms with Gasteiger partial charge in [0, 0.05) is 41.2 Å². The van der Waals surface area contributed by atoms with Gasteiger partial charge in [0.05, 0.1) is 0 Å². The summed E-state index contributed by atoms with van der Waals surface area (Å²) in [6.07, 6.45) is 1.65. The molecule has 8 nitrogen and oxygen atoms in total. The quantitative estimate of drug-likeness (QED) is 0.354.